The Morgan fingerprint density at radius 3 is 2.94 bits per heavy atom. The van der Waals surface area contributed by atoms with E-state index in [2.05, 4.69) is 17.3 Å². The van der Waals surface area contributed by atoms with Crippen LogP contribution in [-0.2, 0) is 12.1 Å². The molecule has 1 aromatic heterocycles. The van der Waals surface area contributed by atoms with Crippen LogP contribution in [0, 0.1) is 0 Å². The SMILES string of the molecule is CCCn1ncc(Cl)c1C(C)(O)CNC1CC1. The zero-order valence-electron chi connectivity index (χ0n) is 10.4. The van der Waals surface area contributed by atoms with E-state index in [9.17, 15) is 5.11 Å². The average Bonchev–Trinajstić information content (AvgIpc) is 3.01. The third-order valence-electron chi connectivity index (χ3n) is 3.05. The number of aryl methyl sites for hydroxylation is 1. The molecule has 0 amide bonds. The molecule has 0 spiro atoms. The molecule has 1 aliphatic rings. The smallest absolute Gasteiger partial charge is 0.117 e. The third-order valence-corrected chi connectivity index (χ3v) is 3.33. The monoisotopic (exact) mass is 257 g/mol. The molecule has 1 fully saturated rings. The summed E-state index contributed by atoms with van der Waals surface area (Å²) < 4.78 is 1.80. The first-order chi connectivity index (χ1) is 8.04. The van der Waals surface area contributed by atoms with E-state index in [1.54, 1.807) is 17.8 Å². The summed E-state index contributed by atoms with van der Waals surface area (Å²) in [4.78, 5) is 0. The van der Waals surface area contributed by atoms with E-state index in [4.69, 9.17) is 11.6 Å². The molecule has 1 aromatic rings. The number of aliphatic hydroxyl groups is 1. The van der Waals surface area contributed by atoms with Crippen LogP contribution in [0.25, 0.3) is 0 Å². The van der Waals surface area contributed by atoms with Gasteiger partial charge >= 0.3 is 0 Å². The number of nitrogens with zero attached hydrogens (tertiary/aromatic N) is 2. The van der Waals surface area contributed by atoms with Crippen LogP contribution in [0.2, 0.25) is 5.02 Å². The first-order valence-electron chi connectivity index (χ1n) is 6.22. The van der Waals surface area contributed by atoms with Crippen molar-refractivity contribution in [3.63, 3.8) is 0 Å². The molecule has 1 saturated carbocycles. The van der Waals surface area contributed by atoms with Crippen molar-refractivity contribution in [1.82, 2.24) is 15.1 Å². The minimum atomic E-state index is -0.967. The second-order valence-electron chi connectivity index (χ2n) is 4.99. The van der Waals surface area contributed by atoms with Gasteiger partial charge < -0.3 is 10.4 Å². The van der Waals surface area contributed by atoms with Crippen molar-refractivity contribution in [2.24, 2.45) is 0 Å². The molecular weight excluding hydrogens is 238 g/mol. The van der Waals surface area contributed by atoms with E-state index in [0.29, 0.717) is 23.3 Å². The lowest BCUT2D eigenvalue weighted by atomic mass is 10.0. The largest absolute Gasteiger partial charge is 0.382 e. The Hall–Kier alpha value is -0.580. The van der Waals surface area contributed by atoms with Crippen molar-refractivity contribution >= 4 is 11.6 Å². The Morgan fingerprint density at radius 1 is 1.65 bits per heavy atom. The van der Waals surface area contributed by atoms with Gasteiger partial charge in [0.25, 0.3) is 0 Å². The van der Waals surface area contributed by atoms with E-state index in [0.717, 1.165) is 13.0 Å². The van der Waals surface area contributed by atoms with Crippen LogP contribution in [0.3, 0.4) is 0 Å². The standard InChI is InChI=1S/C12H20ClN3O/c1-3-6-16-11(10(13)7-15-16)12(2,17)8-14-9-4-5-9/h7,9,14,17H,3-6,8H2,1-2H3. The van der Waals surface area contributed by atoms with Gasteiger partial charge in [0.15, 0.2) is 0 Å². The first kappa shape index (κ1) is 12.9. The molecule has 0 saturated heterocycles. The van der Waals surface area contributed by atoms with E-state index in [1.165, 1.54) is 12.8 Å². The lowest BCUT2D eigenvalue weighted by Gasteiger charge is -2.25. The zero-order chi connectivity index (χ0) is 12.5. The van der Waals surface area contributed by atoms with Crippen molar-refractivity contribution in [2.45, 2.75) is 51.3 Å². The number of aromatic nitrogens is 2. The van der Waals surface area contributed by atoms with Gasteiger partial charge in [-0.2, -0.15) is 5.10 Å². The Labute approximate surface area is 107 Å². The van der Waals surface area contributed by atoms with E-state index >= 15 is 0 Å². The zero-order valence-corrected chi connectivity index (χ0v) is 11.2. The highest BCUT2D eigenvalue weighted by atomic mass is 35.5. The van der Waals surface area contributed by atoms with Gasteiger partial charge in [0.1, 0.15) is 5.60 Å². The molecule has 5 heteroatoms. The molecule has 1 atom stereocenters. The molecule has 2 rings (SSSR count). The van der Waals surface area contributed by atoms with Gasteiger partial charge in [-0.25, -0.2) is 0 Å². The highest BCUT2D eigenvalue weighted by Gasteiger charge is 2.32. The second-order valence-corrected chi connectivity index (χ2v) is 5.40. The van der Waals surface area contributed by atoms with Crippen molar-refractivity contribution in [1.29, 1.82) is 0 Å². The van der Waals surface area contributed by atoms with Gasteiger partial charge in [-0.3, -0.25) is 4.68 Å². The maximum absolute atomic E-state index is 10.5. The molecular formula is C12H20ClN3O. The van der Waals surface area contributed by atoms with Crippen LogP contribution in [0.4, 0.5) is 0 Å². The fourth-order valence-corrected chi connectivity index (χ4v) is 2.34. The highest BCUT2D eigenvalue weighted by Crippen LogP contribution is 2.29. The van der Waals surface area contributed by atoms with Gasteiger partial charge in [0.05, 0.1) is 16.9 Å². The number of halogens is 1. The highest BCUT2D eigenvalue weighted by molar-refractivity contribution is 6.31. The predicted octanol–water partition coefficient (Wildman–Crippen LogP) is 1.91. The summed E-state index contributed by atoms with van der Waals surface area (Å²) in [5.74, 6) is 0. The molecule has 1 heterocycles. The number of hydrogen-bond donors (Lipinski definition) is 2. The Kier molecular flexibility index (Phi) is 3.76. The van der Waals surface area contributed by atoms with Crippen LogP contribution < -0.4 is 5.32 Å². The molecule has 2 N–H and O–H groups in total. The summed E-state index contributed by atoms with van der Waals surface area (Å²) in [5.41, 5.74) is -0.250. The Morgan fingerprint density at radius 2 is 2.35 bits per heavy atom. The minimum absolute atomic E-state index is 0.521. The molecule has 1 aliphatic carbocycles. The summed E-state index contributed by atoms with van der Waals surface area (Å²) in [7, 11) is 0. The fraction of sp³-hybridized carbons (Fsp3) is 0.750. The van der Waals surface area contributed by atoms with Crippen LogP contribution in [0.15, 0.2) is 6.20 Å². The number of rotatable bonds is 6. The van der Waals surface area contributed by atoms with Crippen molar-refractivity contribution in [3.05, 3.63) is 16.9 Å². The fourth-order valence-electron chi connectivity index (χ4n) is 1.99. The molecule has 1 unspecified atom stereocenters. The van der Waals surface area contributed by atoms with Gasteiger partial charge in [-0.15, -0.1) is 0 Å². The minimum Gasteiger partial charge on any atom is -0.382 e. The van der Waals surface area contributed by atoms with Gasteiger partial charge in [-0.05, 0) is 26.2 Å². The maximum atomic E-state index is 10.5. The van der Waals surface area contributed by atoms with Crippen molar-refractivity contribution < 1.29 is 5.11 Å². The summed E-state index contributed by atoms with van der Waals surface area (Å²) in [5, 5.41) is 18.6. The number of nitrogens with one attached hydrogen (secondary N) is 1. The third kappa shape index (κ3) is 3.00. The first-order valence-corrected chi connectivity index (χ1v) is 6.60. The maximum Gasteiger partial charge on any atom is 0.117 e. The van der Waals surface area contributed by atoms with E-state index in [1.807, 2.05) is 0 Å². The molecule has 17 heavy (non-hydrogen) atoms. The molecule has 0 radical (unpaired) electrons. The summed E-state index contributed by atoms with van der Waals surface area (Å²) >= 11 is 6.13. The molecule has 4 nitrogen and oxygen atoms in total. The van der Waals surface area contributed by atoms with E-state index in [-0.39, 0.29) is 0 Å². The summed E-state index contributed by atoms with van der Waals surface area (Å²) in [6.45, 7) is 5.17. The summed E-state index contributed by atoms with van der Waals surface area (Å²) in [6, 6.07) is 0.572. The van der Waals surface area contributed by atoms with Crippen LogP contribution >= 0.6 is 11.6 Å². The second kappa shape index (κ2) is 4.96. The molecule has 0 aromatic carbocycles. The lowest BCUT2D eigenvalue weighted by molar-refractivity contribution is 0.0471. The van der Waals surface area contributed by atoms with Crippen LogP contribution in [-0.4, -0.2) is 27.5 Å². The Balaban J connectivity index is 2.13. The molecule has 0 bridgehead atoms. The van der Waals surface area contributed by atoms with Crippen LogP contribution in [0.5, 0.6) is 0 Å². The quantitative estimate of drug-likeness (QED) is 0.819. The molecule has 96 valence electrons. The normalized spacial score (nSPS) is 19.3. The van der Waals surface area contributed by atoms with Crippen LogP contribution in [0.1, 0.15) is 38.8 Å². The lowest BCUT2D eigenvalue weighted by Crippen LogP contribution is -2.38. The Bertz CT molecular complexity index is 385. The van der Waals surface area contributed by atoms with Gasteiger partial charge in [0.2, 0.25) is 0 Å². The average molecular weight is 258 g/mol. The topological polar surface area (TPSA) is 50.1 Å². The van der Waals surface area contributed by atoms with E-state index < -0.39 is 5.60 Å². The van der Waals surface area contributed by atoms with Gasteiger partial charge in [-0.1, -0.05) is 18.5 Å². The van der Waals surface area contributed by atoms with Crippen molar-refractivity contribution in [2.75, 3.05) is 6.54 Å². The van der Waals surface area contributed by atoms with Gasteiger partial charge in [0, 0.05) is 19.1 Å². The number of hydrogen-bond acceptors (Lipinski definition) is 3. The molecule has 0 aliphatic heterocycles. The predicted molar refractivity (Wildman–Crippen MR) is 68.1 cm³/mol. The van der Waals surface area contributed by atoms with Crippen molar-refractivity contribution in [3.8, 4) is 0 Å². The summed E-state index contributed by atoms with van der Waals surface area (Å²) in [6.07, 6.45) is 4.99.